The van der Waals surface area contributed by atoms with Crippen LogP contribution < -0.4 is 51.3 Å². The number of rotatable bonds is 15. The summed E-state index contributed by atoms with van der Waals surface area (Å²) in [5.74, 6) is 6.20. The number of para-hydroxylation sites is 9. The van der Waals surface area contributed by atoms with Gasteiger partial charge in [0, 0.05) is 34.0 Å². The van der Waals surface area contributed by atoms with Crippen LogP contribution in [0.3, 0.4) is 0 Å². The van der Waals surface area contributed by atoms with Crippen molar-refractivity contribution in [2.75, 3.05) is 9.80 Å². The number of aliphatic imine (C=N–C) groups is 1. The molecule has 2 unspecified atom stereocenters. The van der Waals surface area contributed by atoms with E-state index in [4.69, 9.17) is 34.9 Å². The van der Waals surface area contributed by atoms with E-state index in [0.29, 0.717) is 34.9 Å². The Labute approximate surface area is 708 Å². The van der Waals surface area contributed by atoms with Gasteiger partial charge < -0.3 is 4.90 Å². The van der Waals surface area contributed by atoms with Crippen molar-refractivity contribution < 1.29 is 0 Å². The predicted octanol–water partition coefficient (Wildman–Crippen LogP) is 17.8. The lowest BCUT2D eigenvalue weighted by atomic mass is 10.0. The van der Waals surface area contributed by atoms with Gasteiger partial charge in [-0.25, -0.2) is 34.9 Å². The SMILES string of the molecule is C1=CC2N=C3N(c4cc(-n5c6ccccc6n6c7ccc(-c8ccc9c(c8)c8ccccc8n9-c8cc(-n9c%10ccccc%10n%10c%11ccccc%11nc9%10)nc(-c9ccc([Si](c%10ccccc%10)(c%10ccccc%10)c%10ccccc%10)cc9)n8)cc7nc56)nc(-c5ccc([Si](c6ccccc6)(c6ccccc6)c6ccccc6)cc5)n4)c4ccccc4N3C2C=C1. The van der Waals surface area contributed by atoms with Gasteiger partial charge in [-0.05, 0) is 131 Å². The van der Waals surface area contributed by atoms with E-state index in [1.165, 1.54) is 41.5 Å². The van der Waals surface area contributed by atoms with Crippen molar-refractivity contribution in [3.63, 3.8) is 0 Å². The standard InChI is InChI=1S/C107H72N14Si2/c1-7-31-75(32-8-1)122(76-33-9-2-10-34-76,77-35-11-3-12-36-77)81-61-55-71(56-62-81)103-111-99(69-100(112-103)119-96-52-28-25-49-93(96)116-90-47-23-20-44-85(90)108-105(116)119)115-88-46-22-19-43-83(88)84-67-73(59-65-89(84)115)74-60-66-92-87(68-74)110-107-118(92)95-51-27-30-54-98(95)121(107)102-70-101(120-97-53-29-26-50-94(97)117-91-48-24-21-45-86(91)109-106(117)120)113-104(114-102)72-57-63-82(64-58-72)123(78-37-13-4-14-38-78,79-39-15-5-16-40-79)80-41-17-6-18-42-80/h1-70,86,91H. The first kappa shape index (κ1) is 70.0. The fraction of sp³-hybridized carbons (Fsp3) is 0.0187. The fourth-order valence-corrected chi connectivity index (χ4v) is 29.6. The lowest BCUT2D eigenvalue weighted by Crippen LogP contribution is -2.74. The van der Waals surface area contributed by atoms with Crippen LogP contribution in [0, 0.1) is 0 Å². The smallest absolute Gasteiger partial charge is 0.221 e. The molecule has 0 radical (unpaired) electrons. The molecule has 15 aromatic carbocycles. The van der Waals surface area contributed by atoms with Crippen molar-refractivity contribution >= 4 is 158 Å². The quantitative estimate of drug-likeness (QED) is 0.0735. The molecule has 578 valence electrons. The van der Waals surface area contributed by atoms with Gasteiger partial charge in [-0.1, -0.05) is 334 Å². The fourth-order valence-electron chi connectivity index (χ4n) is 20.1. The molecule has 123 heavy (non-hydrogen) atoms. The third-order valence-corrected chi connectivity index (χ3v) is 35.1. The maximum atomic E-state index is 5.72. The molecule has 25 rings (SSSR count). The second kappa shape index (κ2) is 27.8. The van der Waals surface area contributed by atoms with Crippen molar-refractivity contribution in [3.05, 3.63) is 425 Å². The van der Waals surface area contributed by atoms with Gasteiger partial charge in [0.05, 0.1) is 78.6 Å². The van der Waals surface area contributed by atoms with E-state index in [1.807, 2.05) is 6.07 Å². The first-order chi connectivity index (χ1) is 61.0. The zero-order chi connectivity index (χ0) is 80.9. The molecule has 0 saturated heterocycles. The van der Waals surface area contributed by atoms with Crippen LogP contribution in [-0.2, 0) is 0 Å². The summed E-state index contributed by atoms with van der Waals surface area (Å²) in [7, 11) is -5.77. The van der Waals surface area contributed by atoms with E-state index >= 15 is 0 Å². The van der Waals surface area contributed by atoms with Crippen LogP contribution in [0.5, 0.6) is 0 Å². The van der Waals surface area contributed by atoms with Crippen LogP contribution in [-0.4, -0.2) is 86.6 Å². The number of aromatic nitrogens is 11. The van der Waals surface area contributed by atoms with Crippen LogP contribution in [0.1, 0.15) is 0 Å². The number of allylic oxidation sites excluding steroid dienone is 2. The minimum absolute atomic E-state index is 0.0125. The molecule has 0 bridgehead atoms. The average Bonchev–Trinajstić information content (AvgIpc) is 1.53. The van der Waals surface area contributed by atoms with E-state index in [-0.39, 0.29) is 12.1 Å². The second-order valence-corrected chi connectivity index (χ2v) is 39.6. The number of guanidine groups is 1. The molecule has 0 spiro atoms. The molecule has 7 aromatic heterocycles. The largest absolute Gasteiger partial charge is 0.300 e. The molecule has 9 heterocycles. The summed E-state index contributed by atoms with van der Waals surface area (Å²) in [5.41, 5.74) is 15.6. The van der Waals surface area contributed by atoms with Gasteiger partial charge in [0.1, 0.15) is 23.3 Å². The van der Waals surface area contributed by atoms with Crippen molar-refractivity contribution in [3.8, 4) is 51.4 Å². The summed E-state index contributed by atoms with van der Waals surface area (Å²) in [5, 5.41) is 12.5. The monoisotopic (exact) mass is 1610 g/mol. The molecule has 0 fully saturated rings. The number of fused-ring (bicyclic) bond motifs is 18. The van der Waals surface area contributed by atoms with Crippen molar-refractivity contribution in [1.82, 2.24) is 52.4 Å². The summed E-state index contributed by atoms with van der Waals surface area (Å²) in [6.07, 6.45) is 8.69. The molecule has 22 aromatic rings. The molecule has 2 aliphatic heterocycles. The van der Waals surface area contributed by atoms with Gasteiger partial charge in [0.25, 0.3) is 0 Å². The van der Waals surface area contributed by atoms with Gasteiger partial charge in [-0.3, -0.25) is 27.4 Å². The second-order valence-electron chi connectivity index (χ2n) is 32.0. The highest BCUT2D eigenvalue weighted by atomic mass is 28.3. The summed E-state index contributed by atoms with van der Waals surface area (Å²) < 4.78 is 11.3. The van der Waals surface area contributed by atoms with E-state index in [9.17, 15) is 0 Å². The Bertz CT molecular complexity index is 7890. The van der Waals surface area contributed by atoms with Crippen LogP contribution >= 0.6 is 0 Å². The van der Waals surface area contributed by atoms with E-state index < -0.39 is 16.1 Å². The van der Waals surface area contributed by atoms with Crippen LogP contribution in [0.2, 0.25) is 0 Å². The third kappa shape index (κ3) is 10.7. The molecule has 3 aliphatic rings. The maximum Gasteiger partial charge on any atom is 0.221 e. The summed E-state index contributed by atoms with van der Waals surface area (Å²) in [4.78, 5) is 43.9. The molecule has 0 saturated carbocycles. The minimum atomic E-state index is -2.89. The van der Waals surface area contributed by atoms with Gasteiger partial charge in [-0.15, -0.1) is 0 Å². The number of nitrogens with zero attached hydrogens (tertiary/aromatic N) is 14. The molecule has 2 atom stereocenters. The topological polar surface area (TPSA) is 120 Å². The van der Waals surface area contributed by atoms with Gasteiger partial charge in [0.15, 0.2) is 27.8 Å². The lowest BCUT2D eigenvalue weighted by molar-refractivity contribution is 0.741. The molecular formula is C107H72N14Si2. The molecule has 16 heteroatoms. The number of imidazole rings is 4. The molecule has 14 nitrogen and oxygen atoms in total. The van der Waals surface area contributed by atoms with Gasteiger partial charge in [-0.2, -0.15) is 0 Å². The molecule has 1 aliphatic carbocycles. The summed E-state index contributed by atoms with van der Waals surface area (Å²) in [6.45, 7) is 0. The normalized spacial score (nSPS) is 14.5. The van der Waals surface area contributed by atoms with Crippen LogP contribution in [0.25, 0.3) is 129 Å². The molecule has 0 amide bonds. The zero-order valence-electron chi connectivity index (χ0n) is 66.3. The first-order valence-electron chi connectivity index (χ1n) is 41.8. The Morgan fingerprint density at radius 3 is 1.13 bits per heavy atom. The van der Waals surface area contributed by atoms with Crippen LogP contribution in [0.4, 0.5) is 17.2 Å². The summed E-state index contributed by atoms with van der Waals surface area (Å²) >= 11 is 0. The van der Waals surface area contributed by atoms with Crippen molar-refractivity contribution in [2.45, 2.75) is 12.1 Å². The molecular weight excluding hydrogens is 1540 g/mol. The van der Waals surface area contributed by atoms with E-state index in [2.05, 4.69) is 451 Å². The van der Waals surface area contributed by atoms with Crippen LogP contribution in [0.15, 0.2) is 430 Å². The van der Waals surface area contributed by atoms with Gasteiger partial charge >= 0.3 is 0 Å². The molecule has 0 N–H and O–H groups in total. The highest BCUT2D eigenvalue weighted by molar-refractivity contribution is 7.20. The highest BCUT2D eigenvalue weighted by Crippen LogP contribution is 2.48. The minimum Gasteiger partial charge on any atom is -0.300 e. The maximum absolute atomic E-state index is 5.72. The number of hydrogen-bond donors (Lipinski definition) is 0. The van der Waals surface area contributed by atoms with Crippen molar-refractivity contribution in [2.24, 2.45) is 4.99 Å². The highest BCUT2D eigenvalue weighted by Gasteiger charge is 2.47. The average molecular weight is 1610 g/mol. The summed E-state index contributed by atoms with van der Waals surface area (Å²) in [6, 6.07) is 145. The Kier molecular flexibility index (Phi) is 15.8. The van der Waals surface area contributed by atoms with Crippen molar-refractivity contribution in [1.29, 1.82) is 0 Å². The zero-order valence-corrected chi connectivity index (χ0v) is 68.3. The number of anilines is 3. The van der Waals surface area contributed by atoms with E-state index in [1.54, 1.807) is 0 Å². The Balaban J connectivity index is 0.643. The Morgan fingerprint density at radius 2 is 0.610 bits per heavy atom. The number of hydrogen-bond acceptors (Lipinski definition) is 9. The van der Waals surface area contributed by atoms with Gasteiger partial charge in [0.2, 0.25) is 17.5 Å². The Morgan fingerprint density at radius 1 is 0.244 bits per heavy atom. The first-order valence-corrected chi connectivity index (χ1v) is 45.8. The Hall–Kier alpha value is -16.0. The lowest BCUT2D eigenvalue weighted by Gasteiger charge is -2.34. The van der Waals surface area contributed by atoms with E-state index in [0.717, 1.165) is 117 Å². The number of benzene rings is 15. The predicted molar refractivity (Wildman–Crippen MR) is 506 cm³/mol. The third-order valence-electron chi connectivity index (χ3n) is 25.5.